The molecular weight excluding hydrogens is 204 g/mol. The maximum absolute atomic E-state index is 5.49. The van der Waals surface area contributed by atoms with E-state index in [4.69, 9.17) is 10.5 Å². The lowest BCUT2D eigenvalue weighted by Gasteiger charge is -2.25. The fourth-order valence-electron chi connectivity index (χ4n) is 1.86. The molecule has 1 aliphatic rings. The van der Waals surface area contributed by atoms with Gasteiger partial charge >= 0.3 is 0 Å². The fraction of sp³-hybridized carbons (Fsp3) is 0.636. The number of aromatic nitrogens is 2. The summed E-state index contributed by atoms with van der Waals surface area (Å²) < 4.78 is 5.49. The molecule has 0 unspecified atom stereocenters. The summed E-state index contributed by atoms with van der Waals surface area (Å²) in [6, 6.07) is 0. The Kier molecular flexibility index (Phi) is 3.93. The number of nitrogen functional groups attached to an aromatic ring is 1. The zero-order chi connectivity index (χ0) is 11.2. The van der Waals surface area contributed by atoms with Gasteiger partial charge in [0, 0.05) is 6.54 Å². The van der Waals surface area contributed by atoms with Crippen LogP contribution in [0.2, 0.25) is 0 Å². The molecular formula is C11H18N4O. The maximum Gasteiger partial charge on any atom is 0.232 e. The van der Waals surface area contributed by atoms with Crippen molar-refractivity contribution in [1.82, 2.24) is 14.9 Å². The molecule has 1 aromatic rings. The third-order valence-corrected chi connectivity index (χ3v) is 2.75. The van der Waals surface area contributed by atoms with Crippen molar-refractivity contribution in [2.24, 2.45) is 0 Å². The lowest BCUT2D eigenvalue weighted by molar-refractivity contribution is 0.180. The molecule has 0 amide bonds. The Morgan fingerprint density at radius 1 is 1.19 bits per heavy atom. The van der Waals surface area contributed by atoms with Gasteiger partial charge in [-0.1, -0.05) is 6.42 Å². The van der Waals surface area contributed by atoms with Crippen molar-refractivity contribution in [3.05, 3.63) is 12.4 Å². The van der Waals surface area contributed by atoms with Gasteiger partial charge in [-0.2, -0.15) is 0 Å². The Morgan fingerprint density at radius 2 is 2.00 bits per heavy atom. The molecule has 1 saturated heterocycles. The summed E-state index contributed by atoms with van der Waals surface area (Å²) in [5, 5.41) is 0. The van der Waals surface area contributed by atoms with Crippen molar-refractivity contribution < 1.29 is 4.74 Å². The van der Waals surface area contributed by atoms with Crippen LogP contribution in [0.4, 0.5) is 5.82 Å². The van der Waals surface area contributed by atoms with Crippen LogP contribution in [0, 0.1) is 0 Å². The van der Waals surface area contributed by atoms with E-state index in [0.717, 1.165) is 6.54 Å². The van der Waals surface area contributed by atoms with E-state index in [2.05, 4.69) is 14.9 Å². The Hall–Kier alpha value is -1.36. The number of ether oxygens (including phenoxy) is 1. The second kappa shape index (κ2) is 5.65. The van der Waals surface area contributed by atoms with Crippen LogP contribution >= 0.6 is 0 Å². The standard InChI is InChI=1S/C11H18N4O/c12-10-8-14-11(9-13-10)16-7-6-15-4-2-1-3-5-15/h8-9H,1-7H2,(H2,12,13). The van der Waals surface area contributed by atoms with Gasteiger partial charge in [0.15, 0.2) is 0 Å². The minimum absolute atomic E-state index is 0.420. The van der Waals surface area contributed by atoms with Crippen molar-refractivity contribution in [2.75, 3.05) is 32.0 Å². The average molecular weight is 222 g/mol. The summed E-state index contributed by atoms with van der Waals surface area (Å²) in [5.41, 5.74) is 5.43. The number of anilines is 1. The molecule has 88 valence electrons. The molecule has 1 aliphatic heterocycles. The van der Waals surface area contributed by atoms with E-state index in [9.17, 15) is 0 Å². The Balaban J connectivity index is 1.69. The molecule has 0 atom stereocenters. The Labute approximate surface area is 95.6 Å². The van der Waals surface area contributed by atoms with Crippen LogP contribution in [0.15, 0.2) is 12.4 Å². The second-order valence-electron chi connectivity index (χ2n) is 4.03. The first kappa shape index (κ1) is 11.1. The van der Waals surface area contributed by atoms with Gasteiger partial charge in [-0.25, -0.2) is 9.97 Å². The SMILES string of the molecule is Nc1cnc(OCCN2CCCCC2)cn1. The number of nitrogens with zero attached hydrogens (tertiary/aromatic N) is 3. The number of likely N-dealkylation sites (tertiary alicyclic amines) is 1. The van der Waals surface area contributed by atoms with Gasteiger partial charge in [0.05, 0.1) is 12.4 Å². The van der Waals surface area contributed by atoms with Crippen molar-refractivity contribution in [1.29, 1.82) is 0 Å². The predicted molar refractivity (Wildman–Crippen MR) is 62.2 cm³/mol. The molecule has 2 rings (SSSR count). The summed E-state index contributed by atoms with van der Waals surface area (Å²) in [4.78, 5) is 10.4. The van der Waals surface area contributed by atoms with Crippen LogP contribution in [0.25, 0.3) is 0 Å². The minimum atomic E-state index is 0.420. The lowest BCUT2D eigenvalue weighted by atomic mass is 10.1. The molecule has 5 nitrogen and oxygen atoms in total. The van der Waals surface area contributed by atoms with Crippen LogP contribution in [0.1, 0.15) is 19.3 Å². The first-order chi connectivity index (χ1) is 7.84. The average Bonchev–Trinajstić information content (AvgIpc) is 2.33. The zero-order valence-corrected chi connectivity index (χ0v) is 9.43. The molecule has 5 heteroatoms. The predicted octanol–water partition coefficient (Wildman–Crippen LogP) is 0.923. The number of nitrogens with two attached hydrogens (primary N) is 1. The van der Waals surface area contributed by atoms with E-state index in [0.29, 0.717) is 18.3 Å². The van der Waals surface area contributed by atoms with E-state index in [1.165, 1.54) is 38.5 Å². The van der Waals surface area contributed by atoms with Crippen molar-refractivity contribution in [2.45, 2.75) is 19.3 Å². The van der Waals surface area contributed by atoms with Gasteiger partial charge in [-0.3, -0.25) is 4.90 Å². The van der Waals surface area contributed by atoms with E-state index < -0.39 is 0 Å². The van der Waals surface area contributed by atoms with Crippen molar-refractivity contribution >= 4 is 5.82 Å². The molecule has 0 bridgehead atoms. The summed E-state index contributed by atoms with van der Waals surface area (Å²) in [6.45, 7) is 4.01. The molecule has 0 spiro atoms. The van der Waals surface area contributed by atoms with Gasteiger partial charge in [-0.05, 0) is 25.9 Å². The van der Waals surface area contributed by atoms with E-state index >= 15 is 0 Å². The van der Waals surface area contributed by atoms with Gasteiger partial charge < -0.3 is 10.5 Å². The molecule has 2 N–H and O–H groups in total. The highest BCUT2D eigenvalue weighted by Crippen LogP contribution is 2.09. The first-order valence-electron chi connectivity index (χ1n) is 5.77. The van der Waals surface area contributed by atoms with Gasteiger partial charge in [-0.15, -0.1) is 0 Å². The number of piperidine rings is 1. The van der Waals surface area contributed by atoms with E-state index in [1.807, 2.05) is 0 Å². The van der Waals surface area contributed by atoms with Crippen LogP contribution in [0.3, 0.4) is 0 Å². The number of hydrogen-bond donors (Lipinski definition) is 1. The fourth-order valence-corrected chi connectivity index (χ4v) is 1.86. The highest BCUT2D eigenvalue weighted by Gasteiger charge is 2.09. The second-order valence-corrected chi connectivity index (χ2v) is 4.03. The van der Waals surface area contributed by atoms with Crippen LogP contribution in [0.5, 0.6) is 5.88 Å². The summed E-state index contributed by atoms with van der Waals surface area (Å²) >= 11 is 0. The maximum atomic E-state index is 5.49. The monoisotopic (exact) mass is 222 g/mol. The lowest BCUT2D eigenvalue weighted by Crippen LogP contribution is -2.33. The van der Waals surface area contributed by atoms with Crippen molar-refractivity contribution in [3.8, 4) is 5.88 Å². The highest BCUT2D eigenvalue weighted by molar-refractivity contribution is 5.24. The molecule has 0 saturated carbocycles. The Bertz CT molecular complexity index is 308. The molecule has 0 radical (unpaired) electrons. The number of hydrogen-bond acceptors (Lipinski definition) is 5. The first-order valence-corrected chi connectivity index (χ1v) is 5.77. The summed E-state index contributed by atoms with van der Waals surface area (Å²) in [7, 11) is 0. The largest absolute Gasteiger partial charge is 0.475 e. The van der Waals surface area contributed by atoms with Crippen LogP contribution in [-0.4, -0.2) is 41.1 Å². The van der Waals surface area contributed by atoms with Crippen molar-refractivity contribution in [3.63, 3.8) is 0 Å². The van der Waals surface area contributed by atoms with Crippen LogP contribution < -0.4 is 10.5 Å². The number of rotatable bonds is 4. The highest BCUT2D eigenvalue weighted by atomic mass is 16.5. The topological polar surface area (TPSA) is 64.3 Å². The van der Waals surface area contributed by atoms with E-state index in [1.54, 1.807) is 6.20 Å². The smallest absolute Gasteiger partial charge is 0.232 e. The Morgan fingerprint density at radius 3 is 2.69 bits per heavy atom. The van der Waals surface area contributed by atoms with Gasteiger partial charge in [0.25, 0.3) is 0 Å². The third kappa shape index (κ3) is 3.34. The molecule has 1 aromatic heterocycles. The molecule has 0 aliphatic carbocycles. The summed E-state index contributed by atoms with van der Waals surface area (Å²) in [6.07, 6.45) is 7.05. The zero-order valence-electron chi connectivity index (χ0n) is 9.43. The minimum Gasteiger partial charge on any atom is -0.475 e. The molecule has 2 heterocycles. The van der Waals surface area contributed by atoms with Crippen LogP contribution in [-0.2, 0) is 0 Å². The third-order valence-electron chi connectivity index (χ3n) is 2.75. The summed E-state index contributed by atoms with van der Waals surface area (Å²) in [5.74, 6) is 0.967. The molecule has 1 fully saturated rings. The quantitative estimate of drug-likeness (QED) is 0.820. The van der Waals surface area contributed by atoms with Gasteiger partial charge in [0.2, 0.25) is 5.88 Å². The molecule has 0 aromatic carbocycles. The normalized spacial score (nSPS) is 17.2. The van der Waals surface area contributed by atoms with Gasteiger partial charge in [0.1, 0.15) is 12.4 Å². The molecule has 16 heavy (non-hydrogen) atoms. The van der Waals surface area contributed by atoms with E-state index in [-0.39, 0.29) is 0 Å².